The average Bonchev–Trinajstić information content (AvgIpc) is 2.66. The number of hydrogen-bond acceptors (Lipinski definition) is 4. The van der Waals surface area contributed by atoms with E-state index in [1.54, 1.807) is 12.1 Å². The molecule has 28 heavy (non-hydrogen) atoms. The zero-order valence-corrected chi connectivity index (χ0v) is 17.3. The van der Waals surface area contributed by atoms with Gasteiger partial charge in [0.15, 0.2) is 0 Å². The first-order valence-electron chi connectivity index (χ1n) is 8.47. The van der Waals surface area contributed by atoms with Gasteiger partial charge in [-0.2, -0.15) is 0 Å². The Morgan fingerprint density at radius 2 is 1.75 bits per heavy atom. The summed E-state index contributed by atoms with van der Waals surface area (Å²) < 4.78 is 25.4. The summed E-state index contributed by atoms with van der Waals surface area (Å²) in [5.74, 6) is -0.905. The standard InChI is InChI=1S/C19H22ClN3O4S/c1-13(14-7-9-16(20)10-8-14)22-18(24)12-21-19(25)15-5-4-6-17(11-15)28(26,27)23(2)3/h4-11,13H,12H2,1-3H3,(H,21,25)(H,22,24). The normalized spacial score (nSPS) is 12.5. The summed E-state index contributed by atoms with van der Waals surface area (Å²) in [6.45, 7) is 1.58. The molecular weight excluding hydrogens is 402 g/mol. The number of sulfonamides is 1. The van der Waals surface area contributed by atoms with Gasteiger partial charge in [-0.25, -0.2) is 12.7 Å². The fourth-order valence-electron chi connectivity index (χ4n) is 2.40. The molecule has 2 rings (SSSR count). The molecule has 0 heterocycles. The van der Waals surface area contributed by atoms with Crippen LogP contribution in [0.5, 0.6) is 0 Å². The Bertz CT molecular complexity index is 959. The number of nitrogens with one attached hydrogen (secondary N) is 2. The van der Waals surface area contributed by atoms with Gasteiger partial charge in [0, 0.05) is 24.7 Å². The number of rotatable bonds is 7. The number of halogens is 1. The Labute approximate surface area is 169 Å². The maximum atomic E-state index is 12.3. The summed E-state index contributed by atoms with van der Waals surface area (Å²) >= 11 is 5.85. The topological polar surface area (TPSA) is 95.6 Å². The number of nitrogens with zero attached hydrogens (tertiary/aromatic N) is 1. The number of hydrogen-bond donors (Lipinski definition) is 2. The van der Waals surface area contributed by atoms with Gasteiger partial charge in [-0.3, -0.25) is 9.59 Å². The molecule has 0 radical (unpaired) electrons. The first-order chi connectivity index (χ1) is 13.1. The van der Waals surface area contributed by atoms with Crippen molar-refractivity contribution in [3.05, 3.63) is 64.7 Å². The molecule has 2 N–H and O–H groups in total. The van der Waals surface area contributed by atoms with Gasteiger partial charge >= 0.3 is 0 Å². The van der Waals surface area contributed by atoms with E-state index in [1.807, 2.05) is 19.1 Å². The van der Waals surface area contributed by atoms with E-state index in [-0.39, 0.29) is 29.0 Å². The van der Waals surface area contributed by atoms with Gasteiger partial charge in [0.25, 0.3) is 5.91 Å². The molecule has 0 aliphatic carbocycles. The molecule has 0 saturated heterocycles. The molecule has 0 aromatic heterocycles. The molecule has 0 aliphatic rings. The van der Waals surface area contributed by atoms with E-state index in [4.69, 9.17) is 11.6 Å². The number of benzene rings is 2. The van der Waals surface area contributed by atoms with Crippen LogP contribution >= 0.6 is 11.6 Å². The van der Waals surface area contributed by atoms with Crippen LogP contribution in [0.3, 0.4) is 0 Å². The maximum Gasteiger partial charge on any atom is 0.251 e. The van der Waals surface area contributed by atoms with Gasteiger partial charge in [-0.05, 0) is 42.8 Å². The van der Waals surface area contributed by atoms with Crippen LogP contribution in [0.25, 0.3) is 0 Å². The Hall–Kier alpha value is -2.42. The first kappa shape index (κ1) is 21.9. The Balaban J connectivity index is 1.96. The van der Waals surface area contributed by atoms with Gasteiger partial charge in [0.1, 0.15) is 0 Å². The van der Waals surface area contributed by atoms with E-state index in [2.05, 4.69) is 10.6 Å². The van der Waals surface area contributed by atoms with Crippen molar-refractivity contribution in [2.75, 3.05) is 20.6 Å². The SMILES string of the molecule is CC(NC(=O)CNC(=O)c1cccc(S(=O)(=O)N(C)C)c1)c1ccc(Cl)cc1. The van der Waals surface area contributed by atoms with E-state index in [9.17, 15) is 18.0 Å². The molecule has 0 fully saturated rings. The molecule has 2 amide bonds. The predicted octanol–water partition coefficient (Wildman–Crippen LogP) is 2.20. The van der Waals surface area contributed by atoms with Gasteiger partial charge in [0.05, 0.1) is 17.5 Å². The maximum absolute atomic E-state index is 12.3. The third kappa shape index (κ3) is 5.54. The van der Waals surface area contributed by atoms with Crippen molar-refractivity contribution in [2.24, 2.45) is 0 Å². The number of amides is 2. The smallest absolute Gasteiger partial charge is 0.251 e. The van der Waals surface area contributed by atoms with Crippen LogP contribution in [-0.4, -0.2) is 45.2 Å². The zero-order valence-electron chi connectivity index (χ0n) is 15.8. The van der Waals surface area contributed by atoms with E-state index in [0.29, 0.717) is 5.02 Å². The van der Waals surface area contributed by atoms with Crippen LogP contribution in [0, 0.1) is 0 Å². The molecule has 1 atom stereocenters. The van der Waals surface area contributed by atoms with E-state index < -0.39 is 15.9 Å². The Kier molecular flexibility index (Phi) is 7.17. The van der Waals surface area contributed by atoms with E-state index >= 15 is 0 Å². The molecule has 0 saturated carbocycles. The van der Waals surface area contributed by atoms with Crippen molar-refractivity contribution in [3.63, 3.8) is 0 Å². The summed E-state index contributed by atoms with van der Waals surface area (Å²) in [6, 6.07) is 12.5. The highest BCUT2D eigenvalue weighted by Crippen LogP contribution is 2.16. The lowest BCUT2D eigenvalue weighted by molar-refractivity contribution is -0.120. The lowest BCUT2D eigenvalue weighted by Crippen LogP contribution is -2.38. The van der Waals surface area contributed by atoms with Gasteiger partial charge in [-0.15, -0.1) is 0 Å². The minimum Gasteiger partial charge on any atom is -0.348 e. The largest absolute Gasteiger partial charge is 0.348 e. The lowest BCUT2D eigenvalue weighted by atomic mass is 10.1. The molecule has 1 unspecified atom stereocenters. The van der Waals surface area contributed by atoms with Crippen molar-refractivity contribution in [1.29, 1.82) is 0 Å². The van der Waals surface area contributed by atoms with Crippen LogP contribution in [0.4, 0.5) is 0 Å². The van der Waals surface area contributed by atoms with Crippen molar-refractivity contribution < 1.29 is 18.0 Å². The summed E-state index contributed by atoms with van der Waals surface area (Å²) in [5, 5.41) is 5.87. The van der Waals surface area contributed by atoms with Crippen molar-refractivity contribution in [2.45, 2.75) is 17.9 Å². The molecule has 150 valence electrons. The molecular formula is C19H22ClN3O4S. The monoisotopic (exact) mass is 423 g/mol. The molecule has 0 spiro atoms. The van der Waals surface area contributed by atoms with E-state index in [0.717, 1.165) is 9.87 Å². The molecule has 2 aromatic rings. The van der Waals surface area contributed by atoms with Gasteiger partial charge in [0.2, 0.25) is 15.9 Å². The van der Waals surface area contributed by atoms with Crippen LogP contribution in [0.15, 0.2) is 53.4 Å². The van der Waals surface area contributed by atoms with Gasteiger partial charge in [-0.1, -0.05) is 29.8 Å². The van der Waals surface area contributed by atoms with Crippen LogP contribution < -0.4 is 10.6 Å². The Morgan fingerprint density at radius 3 is 2.36 bits per heavy atom. The highest BCUT2D eigenvalue weighted by molar-refractivity contribution is 7.89. The third-order valence-electron chi connectivity index (χ3n) is 4.03. The first-order valence-corrected chi connectivity index (χ1v) is 10.3. The highest BCUT2D eigenvalue weighted by atomic mass is 35.5. The predicted molar refractivity (Wildman–Crippen MR) is 108 cm³/mol. The summed E-state index contributed by atoms with van der Waals surface area (Å²) in [5.41, 5.74) is 1.03. The summed E-state index contributed by atoms with van der Waals surface area (Å²) in [7, 11) is -0.827. The lowest BCUT2D eigenvalue weighted by Gasteiger charge is -2.15. The second-order valence-electron chi connectivity index (χ2n) is 6.34. The van der Waals surface area contributed by atoms with Gasteiger partial charge < -0.3 is 10.6 Å². The summed E-state index contributed by atoms with van der Waals surface area (Å²) in [4.78, 5) is 24.4. The quantitative estimate of drug-likeness (QED) is 0.713. The molecule has 7 nitrogen and oxygen atoms in total. The molecule has 0 aliphatic heterocycles. The Morgan fingerprint density at radius 1 is 1.11 bits per heavy atom. The second-order valence-corrected chi connectivity index (χ2v) is 8.93. The number of carbonyl (C=O) groups excluding carboxylic acids is 2. The van der Waals surface area contributed by atoms with Crippen LogP contribution in [-0.2, 0) is 14.8 Å². The van der Waals surface area contributed by atoms with Crippen molar-refractivity contribution >= 4 is 33.4 Å². The third-order valence-corrected chi connectivity index (χ3v) is 6.09. The second kappa shape index (κ2) is 9.18. The fraction of sp³-hybridized carbons (Fsp3) is 0.263. The van der Waals surface area contributed by atoms with Crippen LogP contribution in [0.2, 0.25) is 5.02 Å². The fourth-order valence-corrected chi connectivity index (χ4v) is 3.47. The van der Waals surface area contributed by atoms with Crippen LogP contribution in [0.1, 0.15) is 28.9 Å². The summed E-state index contributed by atoms with van der Waals surface area (Å²) in [6.07, 6.45) is 0. The molecule has 0 bridgehead atoms. The van der Waals surface area contributed by atoms with Crippen molar-refractivity contribution in [1.82, 2.24) is 14.9 Å². The minimum absolute atomic E-state index is 0.00552. The minimum atomic E-state index is -3.65. The molecule has 2 aromatic carbocycles. The zero-order chi connectivity index (χ0) is 20.9. The molecule has 9 heteroatoms. The average molecular weight is 424 g/mol. The van der Waals surface area contributed by atoms with E-state index in [1.165, 1.54) is 38.4 Å². The highest BCUT2D eigenvalue weighted by Gasteiger charge is 2.19. The van der Waals surface area contributed by atoms with Crippen molar-refractivity contribution in [3.8, 4) is 0 Å². The number of carbonyl (C=O) groups is 2.